The van der Waals surface area contributed by atoms with Crippen LogP contribution in [0.3, 0.4) is 0 Å². The quantitative estimate of drug-likeness (QED) is 0.853. The molecular formula is C14H19NO3S. The molecule has 1 unspecified atom stereocenters. The zero-order valence-electron chi connectivity index (χ0n) is 11.5. The van der Waals surface area contributed by atoms with Crippen LogP contribution in [0.2, 0.25) is 0 Å². The number of rotatable bonds is 3. The van der Waals surface area contributed by atoms with Crippen molar-refractivity contribution in [3.63, 3.8) is 0 Å². The van der Waals surface area contributed by atoms with Gasteiger partial charge in [-0.2, -0.15) is 0 Å². The van der Waals surface area contributed by atoms with Crippen molar-refractivity contribution in [2.24, 2.45) is 11.8 Å². The molecular weight excluding hydrogens is 262 g/mol. The third-order valence-corrected chi connectivity index (χ3v) is 5.43. The molecule has 1 heterocycles. The highest BCUT2D eigenvalue weighted by Crippen LogP contribution is 2.29. The van der Waals surface area contributed by atoms with Crippen molar-refractivity contribution in [3.05, 3.63) is 29.8 Å². The molecule has 0 aromatic heterocycles. The molecule has 1 saturated heterocycles. The van der Waals surface area contributed by atoms with Gasteiger partial charge in [-0.1, -0.05) is 31.5 Å². The van der Waals surface area contributed by atoms with E-state index in [1.807, 2.05) is 20.8 Å². The largest absolute Gasteiger partial charge is 0.273 e. The number of nitrogens with zero attached hydrogens (tertiary/aromatic N) is 1. The molecule has 0 bridgehead atoms. The highest BCUT2D eigenvalue weighted by Gasteiger charge is 2.40. The Hall–Kier alpha value is -1.36. The van der Waals surface area contributed by atoms with Gasteiger partial charge in [0.15, 0.2) is 0 Å². The lowest BCUT2D eigenvalue weighted by Crippen LogP contribution is -2.34. The molecule has 19 heavy (non-hydrogen) atoms. The fourth-order valence-corrected chi connectivity index (χ4v) is 3.82. The van der Waals surface area contributed by atoms with Gasteiger partial charge in [-0.3, -0.25) is 4.79 Å². The fraction of sp³-hybridized carbons (Fsp3) is 0.500. The Labute approximate surface area is 114 Å². The first-order chi connectivity index (χ1) is 8.84. The van der Waals surface area contributed by atoms with Crippen molar-refractivity contribution in [3.8, 4) is 0 Å². The van der Waals surface area contributed by atoms with Crippen molar-refractivity contribution in [1.82, 2.24) is 4.31 Å². The summed E-state index contributed by atoms with van der Waals surface area (Å²) in [6, 6.07) is 6.60. The molecule has 1 aliphatic heterocycles. The second-order valence-corrected chi connectivity index (χ2v) is 7.23. The first-order valence-corrected chi connectivity index (χ1v) is 7.91. The van der Waals surface area contributed by atoms with Gasteiger partial charge in [0.1, 0.15) is 0 Å². The number of benzene rings is 1. The van der Waals surface area contributed by atoms with Gasteiger partial charge in [0.25, 0.3) is 10.0 Å². The first kappa shape index (κ1) is 14.1. The Morgan fingerprint density at radius 2 is 1.79 bits per heavy atom. The third kappa shape index (κ3) is 2.52. The smallest absolute Gasteiger partial charge is 0.266 e. The minimum atomic E-state index is -3.69. The number of carbonyl (C=O) groups is 1. The van der Waals surface area contributed by atoms with E-state index in [0.29, 0.717) is 6.42 Å². The summed E-state index contributed by atoms with van der Waals surface area (Å²) in [5.41, 5.74) is 0.992. The van der Waals surface area contributed by atoms with Crippen LogP contribution >= 0.6 is 0 Å². The maximum absolute atomic E-state index is 12.4. The summed E-state index contributed by atoms with van der Waals surface area (Å²) in [6.45, 7) is 6.08. The fourth-order valence-electron chi connectivity index (χ4n) is 2.37. The second-order valence-electron chi connectivity index (χ2n) is 5.37. The molecule has 1 aliphatic rings. The van der Waals surface area contributed by atoms with E-state index in [-0.39, 0.29) is 29.2 Å². The number of carbonyl (C=O) groups excluding carboxylic acids is 1. The van der Waals surface area contributed by atoms with Crippen LogP contribution in [0.25, 0.3) is 0 Å². The Morgan fingerprint density at radius 1 is 1.21 bits per heavy atom. The van der Waals surface area contributed by atoms with Gasteiger partial charge in [0, 0.05) is 12.5 Å². The van der Waals surface area contributed by atoms with E-state index in [9.17, 15) is 13.2 Å². The molecule has 1 atom stereocenters. The average Bonchev–Trinajstić information content (AvgIpc) is 2.72. The van der Waals surface area contributed by atoms with Crippen molar-refractivity contribution < 1.29 is 13.2 Å². The van der Waals surface area contributed by atoms with Crippen LogP contribution in [0.15, 0.2) is 29.2 Å². The van der Waals surface area contributed by atoms with Crippen LogP contribution in [0, 0.1) is 18.8 Å². The summed E-state index contributed by atoms with van der Waals surface area (Å²) in [5.74, 6) is -0.276. The number of sulfonamides is 1. The van der Waals surface area contributed by atoms with Crippen LogP contribution in [0.1, 0.15) is 25.8 Å². The molecule has 1 aromatic carbocycles. The van der Waals surface area contributed by atoms with E-state index in [4.69, 9.17) is 0 Å². The number of hydrogen-bond acceptors (Lipinski definition) is 3. The zero-order valence-corrected chi connectivity index (χ0v) is 12.3. The Balaban J connectivity index is 2.31. The summed E-state index contributed by atoms with van der Waals surface area (Å²) in [5, 5.41) is 0. The van der Waals surface area contributed by atoms with Gasteiger partial charge in [-0.15, -0.1) is 0 Å². The molecule has 0 spiro atoms. The first-order valence-electron chi connectivity index (χ1n) is 6.47. The van der Waals surface area contributed by atoms with E-state index in [2.05, 4.69) is 0 Å². The molecule has 1 fully saturated rings. The Bertz CT molecular complexity index is 575. The topological polar surface area (TPSA) is 54.5 Å². The summed E-state index contributed by atoms with van der Waals surface area (Å²) >= 11 is 0. The van der Waals surface area contributed by atoms with E-state index < -0.39 is 10.0 Å². The molecule has 2 rings (SSSR count). The highest BCUT2D eigenvalue weighted by molar-refractivity contribution is 7.89. The van der Waals surface area contributed by atoms with E-state index >= 15 is 0 Å². The lowest BCUT2D eigenvalue weighted by Gasteiger charge is -2.18. The van der Waals surface area contributed by atoms with Gasteiger partial charge >= 0.3 is 0 Å². The Kier molecular flexibility index (Phi) is 3.67. The minimum Gasteiger partial charge on any atom is -0.273 e. The van der Waals surface area contributed by atoms with Crippen molar-refractivity contribution in [2.75, 3.05) is 6.54 Å². The molecule has 1 amide bonds. The predicted molar refractivity (Wildman–Crippen MR) is 73.0 cm³/mol. The number of hydrogen-bond donors (Lipinski definition) is 0. The summed E-state index contributed by atoms with van der Waals surface area (Å²) in [6.07, 6.45) is 0.613. The monoisotopic (exact) mass is 281 g/mol. The number of aryl methyl sites for hydroxylation is 1. The SMILES string of the molecule is Cc1ccc(S(=O)(=O)N2CCC(C(C)C)C2=O)cc1. The van der Waals surface area contributed by atoms with E-state index in [1.165, 1.54) is 0 Å². The molecule has 0 N–H and O–H groups in total. The predicted octanol–water partition coefficient (Wildman–Crippen LogP) is 2.19. The van der Waals surface area contributed by atoms with Gasteiger partial charge in [0.2, 0.25) is 5.91 Å². The van der Waals surface area contributed by atoms with Gasteiger partial charge in [-0.05, 0) is 31.4 Å². The van der Waals surface area contributed by atoms with E-state index in [1.54, 1.807) is 24.3 Å². The van der Waals surface area contributed by atoms with Crippen molar-refractivity contribution >= 4 is 15.9 Å². The second kappa shape index (κ2) is 4.96. The molecule has 0 radical (unpaired) electrons. The number of amides is 1. The van der Waals surface area contributed by atoms with Gasteiger partial charge in [-0.25, -0.2) is 12.7 Å². The summed E-state index contributed by atoms with van der Waals surface area (Å²) in [7, 11) is -3.69. The molecule has 0 saturated carbocycles. The molecule has 0 aliphatic carbocycles. The molecule has 5 heteroatoms. The van der Waals surface area contributed by atoms with Gasteiger partial charge < -0.3 is 0 Å². The molecule has 104 valence electrons. The standard InChI is InChI=1S/C14H19NO3S/c1-10(2)13-8-9-15(14(13)16)19(17,18)12-6-4-11(3)5-7-12/h4-7,10,13H,8-9H2,1-3H3. The molecule has 4 nitrogen and oxygen atoms in total. The van der Waals surface area contributed by atoms with Gasteiger partial charge in [0.05, 0.1) is 4.90 Å². The zero-order chi connectivity index (χ0) is 14.2. The Morgan fingerprint density at radius 3 is 2.26 bits per heavy atom. The van der Waals surface area contributed by atoms with Crippen LogP contribution in [0.5, 0.6) is 0 Å². The normalized spacial score (nSPS) is 20.3. The average molecular weight is 281 g/mol. The van der Waals surface area contributed by atoms with Crippen LogP contribution in [-0.2, 0) is 14.8 Å². The van der Waals surface area contributed by atoms with Crippen LogP contribution in [0.4, 0.5) is 0 Å². The highest BCUT2D eigenvalue weighted by atomic mass is 32.2. The van der Waals surface area contributed by atoms with Crippen LogP contribution < -0.4 is 0 Å². The lowest BCUT2D eigenvalue weighted by molar-refractivity contribution is -0.128. The van der Waals surface area contributed by atoms with Crippen molar-refractivity contribution in [1.29, 1.82) is 0 Å². The minimum absolute atomic E-state index is 0.172. The third-order valence-electron chi connectivity index (χ3n) is 3.62. The lowest BCUT2D eigenvalue weighted by atomic mass is 9.95. The van der Waals surface area contributed by atoms with Crippen molar-refractivity contribution in [2.45, 2.75) is 32.1 Å². The summed E-state index contributed by atoms with van der Waals surface area (Å²) in [4.78, 5) is 12.4. The molecule has 1 aromatic rings. The van der Waals surface area contributed by atoms with Crippen LogP contribution in [-0.4, -0.2) is 25.2 Å². The van der Waals surface area contributed by atoms with E-state index in [0.717, 1.165) is 9.87 Å². The maximum atomic E-state index is 12.4. The maximum Gasteiger partial charge on any atom is 0.266 e. The summed E-state index contributed by atoms with van der Waals surface area (Å²) < 4.78 is 25.9.